The average Bonchev–Trinajstić information content (AvgIpc) is 2.87. The van der Waals surface area contributed by atoms with Gasteiger partial charge >= 0.3 is 17.9 Å². The number of benzene rings is 1. The van der Waals surface area contributed by atoms with Gasteiger partial charge in [0.15, 0.2) is 23.3 Å². The molecule has 9 heteroatoms. The van der Waals surface area contributed by atoms with E-state index in [4.69, 9.17) is 14.2 Å². The molecule has 1 aromatic carbocycles. The first-order valence-electron chi connectivity index (χ1n) is 13.6. The largest absolute Gasteiger partial charge is 0.459 e. The van der Waals surface area contributed by atoms with E-state index in [0.717, 1.165) is 0 Å². The van der Waals surface area contributed by atoms with E-state index in [2.05, 4.69) is 6.58 Å². The van der Waals surface area contributed by atoms with E-state index in [-0.39, 0.29) is 30.6 Å². The molecule has 8 atom stereocenters. The van der Waals surface area contributed by atoms with E-state index in [1.807, 2.05) is 6.92 Å². The van der Waals surface area contributed by atoms with E-state index >= 15 is 0 Å². The molecule has 9 nitrogen and oxygen atoms in total. The maximum Gasteiger partial charge on any atom is 0.338 e. The molecule has 0 amide bonds. The summed E-state index contributed by atoms with van der Waals surface area (Å²) in [5.41, 5.74) is -5.46. The van der Waals surface area contributed by atoms with E-state index < -0.39 is 75.7 Å². The van der Waals surface area contributed by atoms with Crippen LogP contribution in [0.2, 0.25) is 0 Å². The molecule has 0 saturated heterocycles. The number of hydrogen-bond donors (Lipinski definition) is 1. The van der Waals surface area contributed by atoms with E-state index in [1.165, 1.54) is 19.9 Å². The molecule has 0 radical (unpaired) electrons. The van der Waals surface area contributed by atoms with Crippen LogP contribution in [0.4, 0.5) is 0 Å². The first-order chi connectivity index (χ1) is 18.5. The van der Waals surface area contributed by atoms with Crippen LogP contribution < -0.4 is 0 Å². The van der Waals surface area contributed by atoms with E-state index in [9.17, 15) is 29.1 Å². The van der Waals surface area contributed by atoms with Crippen LogP contribution in [0, 0.1) is 28.1 Å². The molecule has 1 aromatic rings. The van der Waals surface area contributed by atoms with Crippen molar-refractivity contribution in [1.82, 2.24) is 0 Å². The number of carbonyl (C=O) groups is 5. The van der Waals surface area contributed by atoms with Gasteiger partial charge in [0.05, 0.1) is 11.0 Å². The molecule has 3 aliphatic rings. The van der Waals surface area contributed by atoms with Crippen molar-refractivity contribution in [1.29, 1.82) is 0 Å². The van der Waals surface area contributed by atoms with Gasteiger partial charge in [-0.15, -0.1) is 6.58 Å². The van der Waals surface area contributed by atoms with E-state index in [1.54, 1.807) is 51.1 Å². The number of ketones is 2. The standard InChI is InChI=1S/C31H38O9/c1-8-29(6)15-20(40-26(35)19-12-10-9-11-13-19)24-30(7)16-21(38-17(2)32)25(34)28(4,5)22(30)14-23(39-18(3)33)31(24,37)27(29)36/h8-13,20-24,37H,1,14-16H2,2-7H3. The third-order valence-corrected chi connectivity index (χ3v) is 9.56. The highest BCUT2D eigenvalue weighted by atomic mass is 16.6. The maximum atomic E-state index is 14.2. The molecule has 0 bridgehead atoms. The number of hydrogen-bond acceptors (Lipinski definition) is 9. The minimum atomic E-state index is -2.28. The molecule has 3 fully saturated rings. The van der Waals surface area contributed by atoms with Crippen molar-refractivity contribution < 1.29 is 43.3 Å². The van der Waals surface area contributed by atoms with Gasteiger partial charge in [-0.25, -0.2) is 4.79 Å². The van der Waals surface area contributed by atoms with Crippen molar-refractivity contribution in [3.05, 3.63) is 48.6 Å². The predicted octanol–water partition coefficient (Wildman–Crippen LogP) is 3.61. The second-order valence-electron chi connectivity index (χ2n) is 12.5. The molecule has 8 unspecified atom stereocenters. The predicted molar refractivity (Wildman–Crippen MR) is 143 cm³/mol. The van der Waals surface area contributed by atoms with Gasteiger partial charge in [0, 0.05) is 31.6 Å². The molecule has 0 heterocycles. The van der Waals surface area contributed by atoms with E-state index in [0.29, 0.717) is 0 Å². The van der Waals surface area contributed by atoms with Crippen LogP contribution in [-0.2, 0) is 33.4 Å². The summed E-state index contributed by atoms with van der Waals surface area (Å²) in [5, 5.41) is 12.5. The summed E-state index contributed by atoms with van der Waals surface area (Å²) in [4.78, 5) is 65.4. The molecule has 3 aliphatic carbocycles. The molecule has 1 N–H and O–H groups in total. The lowest BCUT2D eigenvalue weighted by Crippen LogP contribution is -2.77. The van der Waals surface area contributed by atoms with Crippen LogP contribution >= 0.6 is 0 Å². The highest BCUT2D eigenvalue weighted by Crippen LogP contribution is 2.66. The quantitative estimate of drug-likeness (QED) is 0.329. The molecular weight excluding hydrogens is 516 g/mol. The average molecular weight is 555 g/mol. The van der Waals surface area contributed by atoms with Crippen molar-refractivity contribution in [3.8, 4) is 0 Å². The number of esters is 3. The fourth-order valence-electron chi connectivity index (χ4n) is 7.83. The molecule has 0 aromatic heterocycles. The minimum absolute atomic E-state index is 0.00323. The van der Waals surface area contributed by atoms with Crippen molar-refractivity contribution in [3.63, 3.8) is 0 Å². The first kappa shape index (κ1) is 29.6. The number of Topliss-reactive ketones (excluding diaryl/α,β-unsaturated/α-hetero) is 2. The van der Waals surface area contributed by atoms with Gasteiger partial charge in [-0.3, -0.25) is 19.2 Å². The van der Waals surface area contributed by atoms with Crippen molar-refractivity contribution >= 4 is 29.5 Å². The highest BCUT2D eigenvalue weighted by Gasteiger charge is 2.75. The Hall–Kier alpha value is -3.33. The number of fused-ring (bicyclic) bond motifs is 3. The first-order valence-corrected chi connectivity index (χ1v) is 13.6. The van der Waals surface area contributed by atoms with Gasteiger partial charge in [0.2, 0.25) is 0 Å². The Morgan fingerprint density at radius 1 is 0.950 bits per heavy atom. The Bertz CT molecular complexity index is 1250. The fourth-order valence-corrected chi connectivity index (χ4v) is 7.83. The lowest BCUT2D eigenvalue weighted by Gasteiger charge is -2.66. The number of aliphatic hydroxyl groups is 1. The van der Waals surface area contributed by atoms with Gasteiger partial charge in [-0.1, -0.05) is 45.0 Å². The molecule has 3 saturated carbocycles. The summed E-state index contributed by atoms with van der Waals surface area (Å²) in [6, 6.07) is 8.34. The number of ether oxygens (including phenoxy) is 3. The topological polar surface area (TPSA) is 133 Å². The van der Waals surface area contributed by atoms with Crippen molar-refractivity contribution in [2.45, 2.75) is 84.7 Å². The second kappa shape index (κ2) is 9.94. The Labute approximate surface area is 234 Å². The molecule has 4 rings (SSSR count). The Kier molecular flexibility index (Phi) is 7.37. The van der Waals surface area contributed by atoms with Gasteiger partial charge in [0.1, 0.15) is 12.2 Å². The number of rotatable bonds is 5. The summed E-state index contributed by atoms with van der Waals surface area (Å²) in [6.45, 7) is 13.1. The summed E-state index contributed by atoms with van der Waals surface area (Å²) in [7, 11) is 0. The zero-order valence-electron chi connectivity index (χ0n) is 23.9. The molecule has 0 spiro atoms. The maximum absolute atomic E-state index is 14.2. The monoisotopic (exact) mass is 554 g/mol. The Morgan fingerprint density at radius 2 is 1.55 bits per heavy atom. The zero-order chi connectivity index (χ0) is 29.8. The Balaban J connectivity index is 1.93. The fraction of sp³-hybridized carbons (Fsp3) is 0.581. The molecule has 0 aliphatic heterocycles. The van der Waals surface area contributed by atoms with Crippen LogP contribution in [0.15, 0.2) is 43.0 Å². The van der Waals surface area contributed by atoms with Crippen LogP contribution in [0.25, 0.3) is 0 Å². The SMILES string of the molecule is C=CC1(C)CC(OC(=O)c2ccccc2)C2C3(C)CC(OC(C)=O)C(=O)C(C)(C)C3CC(OC(C)=O)C2(O)C1=O. The normalized spacial score (nSPS) is 38.3. The Morgan fingerprint density at radius 3 is 2.10 bits per heavy atom. The van der Waals surface area contributed by atoms with Crippen molar-refractivity contribution in [2.75, 3.05) is 0 Å². The van der Waals surface area contributed by atoms with Crippen LogP contribution in [-0.4, -0.2) is 58.5 Å². The summed E-state index contributed by atoms with van der Waals surface area (Å²) < 4.78 is 17.2. The van der Waals surface area contributed by atoms with Crippen LogP contribution in [0.1, 0.15) is 71.2 Å². The lowest BCUT2D eigenvalue weighted by atomic mass is 9.40. The summed E-state index contributed by atoms with van der Waals surface area (Å²) in [5.74, 6) is -4.49. The van der Waals surface area contributed by atoms with Gasteiger partial charge in [-0.2, -0.15) is 0 Å². The number of allylic oxidation sites excluding steroid dienone is 1. The lowest BCUT2D eigenvalue weighted by molar-refractivity contribution is -0.265. The van der Waals surface area contributed by atoms with Crippen LogP contribution in [0.5, 0.6) is 0 Å². The second-order valence-corrected chi connectivity index (χ2v) is 12.5. The summed E-state index contributed by atoms with van der Waals surface area (Å²) in [6.07, 6.45) is -2.03. The summed E-state index contributed by atoms with van der Waals surface area (Å²) >= 11 is 0. The molecular formula is C31H38O9. The van der Waals surface area contributed by atoms with Crippen LogP contribution in [0.3, 0.4) is 0 Å². The molecule has 40 heavy (non-hydrogen) atoms. The highest BCUT2D eigenvalue weighted by molar-refractivity contribution is 5.97. The van der Waals surface area contributed by atoms with Crippen molar-refractivity contribution in [2.24, 2.45) is 28.1 Å². The number of carbonyl (C=O) groups excluding carboxylic acids is 5. The third-order valence-electron chi connectivity index (χ3n) is 9.56. The zero-order valence-corrected chi connectivity index (χ0v) is 23.9. The van der Waals surface area contributed by atoms with Gasteiger partial charge < -0.3 is 19.3 Å². The third kappa shape index (κ3) is 4.48. The smallest absolute Gasteiger partial charge is 0.338 e. The van der Waals surface area contributed by atoms with Gasteiger partial charge in [0.25, 0.3) is 0 Å². The van der Waals surface area contributed by atoms with Gasteiger partial charge in [-0.05, 0) is 43.2 Å². The molecule has 216 valence electrons. The minimum Gasteiger partial charge on any atom is -0.459 e.